The second-order valence-corrected chi connectivity index (χ2v) is 9.80. The summed E-state index contributed by atoms with van der Waals surface area (Å²) in [7, 11) is 1.72. The van der Waals surface area contributed by atoms with Crippen molar-refractivity contribution in [2.75, 3.05) is 33.3 Å². The zero-order chi connectivity index (χ0) is 22.4. The Morgan fingerprint density at radius 3 is 2.55 bits per heavy atom. The van der Waals surface area contributed by atoms with E-state index in [9.17, 15) is 9.59 Å². The standard InChI is InChI=1S/C25H34N2O3S/c1-18(2)14-27(25(29)22-13-24(19(3)28)31-17-22)15-20-9-11-26(12-10-20)16-21-7-5-6-8-23(21)30-4/h5-8,13,17-18,20H,9-12,14-16H2,1-4H3. The number of ketones is 1. The number of thiophene rings is 1. The molecule has 5 nitrogen and oxygen atoms in total. The highest BCUT2D eigenvalue weighted by Gasteiger charge is 2.26. The fourth-order valence-electron chi connectivity index (χ4n) is 4.21. The van der Waals surface area contributed by atoms with Crippen LogP contribution in [0.2, 0.25) is 0 Å². The summed E-state index contributed by atoms with van der Waals surface area (Å²) in [4.78, 5) is 29.9. The summed E-state index contributed by atoms with van der Waals surface area (Å²) in [5.74, 6) is 1.91. The lowest BCUT2D eigenvalue weighted by atomic mass is 9.95. The van der Waals surface area contributed by atoms with E-state index in [4.69, 9.17) is 4.74 Å². The number of para-hydroxylation sites is 1. The van der Waals surface area contributed by atoms with Gasteiger partial charge in [0.25, 0.3) is 5.91 Å². The van der Waals surface area contributed by atoms with Crippen LogP contribution in [0.4, 0.5) is 0 Å². The minimum atomic E-state index is 0.0156. The molecule has 0 N–H and O–H groups in total. The van der Waals surface area contributed by atoms with E-state index in [0.29, 0.717) is 22.3 Å². The Hall–Kier alpha value is -2.18. The van der Waals surface area contributed by atoms with Gasteiger partial charge in [0.05, 0.1) is 17.6 Å². The number of hydrogen-bond donors (Lipinski definition) is 0. The highest BCUT2D eigenvalue weighted by Crippen LogP contribution is 2.25. The lowest BCUT2D eigenvalue weighted by molar-refractivity contribution is 0.0663. The number of Topliss-reactive ketones (excluding diaryl/α,β-unsaturated/α-hetero) is 1. The molecule has 0 radical (unpaired) electrons. The van der Waals surface area contributed by atoms with E-state index in [0.717, 1.165) is 51.3 Å². The zero-order valence-electron chi connectivity index (χ0n) is 19.1. The van der Waals surface area contributed by atoms with Gasteiger partial charge in [-0.05, 0) is 56.8 Å². The first kappa shape index (κ1) is 23.5. The van der Waals surface area contributed by atoms with Gasteiger partial charge >= 0.3 is 0 Å². The van der Waals surface area contributed by atoms with Gasteiger partial charge in [0, 0.05) is 30.6 Å². The second kappa shape index (κ2) is 10.9. The predicted molar refractivity (Wildman–Crippen MR) is 126 cm³/mol. The van der Waals surface area contributed by atoms with Gasteiger partial charge in [0.2, 0.25) is 0 Å². The number of rotatable bonds is 9. The minimum Gasteiger partial charge on any atom is -0.496 e. The third kappa shape index (κ3) is 6.40. The van der Waals surface area contributed by atoms with Gasteiger partial charge in [-0.3, -0.25) is 14.5 Å². The number of ether oxygens (including phenoxy) is 1. The van der Waals surface area contributed by atoms with Crippen LogP contribution in [-0.2, 0) is 6.54 Å². The van der Waals surface area contributed by atoms with Crippen LogP contribution in [0, 0.1) is 11.8 Å². The van der Waals surface area contributed by atoms with Crippen molar-refractivity contribution in [1.29, 1.82) is 0 Å². The first-order valence-corrected chi connectivity index (χ1v) is 12.0. The molecule has 0 bridgehead atoms. The molecule has 1 fully saturated rings. The van der Waals surface area contributed by atoms with Crippen LogP contribution in [0.1, 0.15) is 59.2 Å². The normalized spacial score (nSPS) is 15.3. The SMILES string of the molecule is COc1ccccc1CN1CCC(CN(CC(C)C)C(=O)c2csc(C(C)=O)c2)CC1. The van der Waals surface area contributed by atoms with Crippen molar-refractivity contribution in [3.63, 3.8) is 0 Å². The van der Waals surface area contributed by atoms with Crippen LogP contribution in [0.15, 0.2) is 35.7 Å². The molecule has 2 aromatic rings. The van der Waals surface area contributed by atoms with Crippen molar-refractivity contribution in [3.8, 4) is 5.75 Å². The first-order chi connectivity index (χ1) is 14.9. The summed E-state index contributed by atoms with van der Waals surface area (Å²) >= 11 is 1.36. The molecule has 6 heteroatoms. The molecule has 0 unspecified atom stereocenters. The number of nitrogens with zero attached hydrogens (tertiary/aromatic N) is 2. The van der Waals surface area contributed by atoms with E-state index >= 15 is 0 Å². The number of likely N-dealkylation sites (tertiary alicyclic amines) is 1. The van der Waals surface area contributed by atoms with Gasteiger partial charge in [-0.2, -0.15) is 0 Å². The van der Waals surface area contributed by atoms with Gasteiger partial charge < -0.3 is 9.64 Å². The molecule has 3 rings (SSSR count). The molecule has 1 aromatic carbocycles. The van der Waals surface area contributed by atoms with Gasteiger partial charge in [0.1, 0.15) is 5.75 Å². The lowest BCUT2D eigenvalue weighted by Gasteiger charge is -2.35. The monoisotopic (exact) mass is 442 g/mol. The molecular weight excluding hydrogens is 408 g/mol. The third-order valence-electron chi connectivity index (χ3n) is 5.84. The van der Waals surface area contributed by atoms with Crippen molar-refractivity contribution < 1.29 is 14.3 Å². The van der Waals surface area contributed by atoms with Crippen molar-refractivity contribution in [2.45, 2.75) is 40.2 Å². The number of methoxy groups -OCH3 is 1. The maximum Gasteiger partial charge on any atom is 0.254 e. The molecule has 2 heterocycles. The largest absolute Gasteiger partial charge is 0.496 e. The number of benzene rings is 1. The van der Waals surface area contributed by atoms with Gasteiger partial charge in [-0.1, -0.05) is 32.0 Å². The van der Waals surface area contributed by atoms with Crippen LogP contribution < -0.4 is 4.74 Å². The molecule has 1 saturated heterocycles. The van der Waals surface area contributed by atoms with Gasteiger partial charge in [0.15, 0.2) is 5.78 Å². The van der Waals surface area contributed by atoms with E-state index < -0.39 is 0 Å². The molecule has 1 aliphatic rings. The smallest absolute Gasteiger partial charge is 0.254 e. The third-order valence-corrected chi connectivity index (χ3v) is 6.87. The average Bonchev–Trinajstić information content (AvgIpc) is 3.25. The Labute approximate surface area is 190 Å². The molecule has 1 aliphatic heterocycles. The first-order valence-electron chi connectivity index (χ1n) is 11.1. The number of carbonyl (C=O) groups excluding carboxylic acids is 2. The van der Waals surface area contributed by atoms with Crippen molar-refractivity contribution in [2.24, 2.45) is 11.8 Å². The van der Waals surface area contributed by atoms with Gasteiger partial charge in [-0.15, -0.1) is 11.3 Å². The number of carbonyl (C=O) groups is 2. The summed E-state index contributed by atoms with van der Waals surface area (Å²) in [6.45, 7) is 10.3. The molecule has 0 aliphatic carbocycles. The van der Waals surface area contributed by atoms with E-state index in [1.165, 1.54) is 16.9 Å². The highest BCUT2D eigenvalue weighted by atomic mass is 32.1. The maximum absolute atomic E-state index is 13.2. The van der Waals surface area contributed by atoms with E-state index in [1.54, 1.807) is 20.1 Å². The van der Waals surface area contributed by atoms with Crippen LogP contribution in [0.3, 0.4) is 0 Å². The number of hydrogen-bond acceptors (Lipinski definition) is 5. The Morgan fingerprint density at radius 1 is 1.23 bits per heavy atom. The van der Waals surface area contributed by atoms with E-state index in [1.807, 2.05) is 22.4 Å². The summed E-state index contributed by atoms with van der Waals surface area (Å²) < 4.78 is 5.49. The Bertz CT molecular complexity index is 884. The van der Waals surface area contributed by atoms with Crippen LogP contribution in [0.5, 0.6) is 5.75 Å². The van der Waals surface area contributed by atoms with Crippen LogP contribution in [0.25, 0.3) is 0 Å². The molecule has 0 saturated carbocycles. The number of amides is 1. The Balaban J connectivity index is 1.58. The van der Waals surface area contributed by atoms with Crippen LogP contribution >= 0.6 is 11.3 Å². The highest BCUT2D eigenvalue weighted by molar-refractivity contribution is 7.12. The lowest BCUT2D eigenvalue weighted by Crippen LogP contribution is -2.42. The summed E-state index contributed by atoms with van der Waals surface area (Å²) in [6.07, 6.45) is 2.17. The van der Waals surface area contributed by atoms with E-state index in [2.05, 4.69) is 30.9 Å². The zero-order valence-corrected chi connectivity index (χ0v) is 19.9. The molecule has 1 amide bonds. The fourth-order valence-corrected chi connectivity index (χ4v) is 4.99. The Morgan fingerprint density at radius 2 is 1.94 bits per heavy atom. The summed E-state index contributed by atoms with van der Waals surface area (Å²) in [5.41, 5.74) is 1.86. The Kier molecular flexibility index (Phi) is 8.27. The van der Waals surface area contributed by atoms with Gasteiger partial charge in [-0.25, -0.2) is 0 Å². The van der Waals surface area contributed by atoms with Crippen molar-refractivity contribution in [1.82, 2.24) is 9.80 Å². The molecule has 0 spiro atoms. The molecule has 0 atom stereocenters. The molecular formula is C25H34N2O3S. The summed E-state index contributed by atoms with van der Waals surface area (Å²) in [6, 6.07) is 9.95. The average molecular weight is 443 g/mol. The topological polar surface area (TPSA) is 49.9 Å². The molecule has 1 aromatic heterocycles. The molecule has 31 heavy (non-hydrogen) atoms. The predicted octanol–water partition coefficient (Wildman–Crippen LogP) is 4.97. The minimum absolute atomic E-state index is 0.0156. The van der Waals surface area contributed by atoms with Crippen molar-refractivity contribution >= 4 is 23.0 Å². The van der Waals surface area contributed by atoms with Crippen LogP contribution in [-0.4, -0.2) is 54.8 Å². The summed E-state index contributed by atoms with van der Waals surface area (Å²) in [5, 5.41) is 1.82. The number of piperidine rings is 1. The maximum atomic E-state index is 13.2. The molecule has 168 valence electrons. The fraction of sp³-hybridized carbons (Fsp3) is 0.520. The van der Waals surface area contributed by atoms with Crippen molar-refractivity contribution in [3.05, 3.63) is 51.7 Å². The quantitative estimate of drug-likeness (QED) is 0.515. The second-order valence-electron chi connectivity index (χ2n) is 8.89. The van der Waals surface area contributed by atoms with E-state index in [-0.39, 0.29) is 11.7 Å².